The van der Waals surface area contributed by atoms with Crippen molar-refractivity contribution in [3.8, 4) is 0 Å². The first-order valence-corrected chi connectivity index (χ1v) is 7.99. The summed E-state index contributed by atoms with van der Waals surface area (Å²) in [5, 5.41) is 3.60. The molecular formula is C16H23BrFN. The van der Waals surface area contributed by atoms with E-state index < -0.39 is 0 Å². The standard InChI is InChI=1S/C16H23BrFN/c1-3-8-16(2,11-19-14-6-7-14)10-12-4-5-13(17)9-15(12)18/h4-5,9,14,19H,3,6-8,10-11H2,1-2H3. The Labute approximate surface area is 124 Å². The molecule has 0 spiro atoms. The highest BCUT2D eigenvalue weighted by Gasteiger charge is 2.29. The second-order valence-electron chi connectivity index (χ2n) is 6.13. The molecule has 106 valence electrons. The van der Waals surface area contributed by atoms with E-state index >= 15 is 0 Å². The first-order chi connectivity index (χ1) is 9.02. The Bertz CT molecular complexity index is 431. The molecule has 3 heteroatoms. The van der Waals surface area contributed by atoms with Crippen LogP contribution in [0.15, 0.2) is 22.7 Å². The zero-order valence-corrected chi connectivity index (χ0v) is 13.4. The number of hydrogen-bond donors (Lipinski definition) is 1. The van der Waals surface area contributed by atoms with Crippen LogP contribution >= 0.6 is 15.9 Å². The lowest BCUT2D eigenvalue weighted by molar-refractivity contribution is 0.271. The highest BCUT2D eigenvalue weighted by atomic mass is 79.9. The quantitative estimate of drug-likeness (QED) is 0.766. The average molecular weight is 328 g/mol. The van der Waals surface area contributed by atoms with Crippen molar-refractivity contribution < 1.29 is 4.39 Å². The van der Waals surface area contributed by atoms with E-state index in [0.29, 0.717) is 6.04 Å². The van der Waals surface area contributed by atoms with Crippen molar-refractivity contribution in [2.75, 3.05) is 6.54 Å². The summed E-state index contributed by atoms with van der Waals surface area (Å²) in [6.07, 6.45) is 5.67. The summed E-state index contributed by atoms with van der Waals surface area (Å²) in [7, 11) is 0. The lowest BCUT2D eigenvalue weighted by Crippen LogP contribution is -2.35. The second kappa shape index (κ2) is 6.36. The van der Waals surface area contributed by atoms with Crippen LogP contribution in [0.5, 0.6) is 0 Å². The molecule has 0 heterocycles. The number of halogens is 2. The minimum absolute atomic E-state index is 0.0943. The van der Waals surface area contributed by atoms with Crippen LogP contribution in [-0.2, 0) is 6.42 Å². The van der Waals surface area contributed by atoms with Crippen LogP contribution in [0, 0.1) is 11.2 Å². The Kier molecular flexibility index (Phi) is 5.02. The van der Waals surface area contributed by atoms with Gasteiger partial charge in [-0.3, -0.25) is 0 Å². The molecule has 1 N–H and O–H groups in total. The van der Waals surface area contributed by atoms with Crippen LogP contribution in [0.1, 0.15) is 45.1 Å². The monoisotopic (exact) mass is 327 g/mol. The number of hydrogen-bond acceptors (Lipinski definition) is 1. The lowest BCUT2D eigenvalue weighted by atomic mass is 9.79. The molecule has 1 unspecified atom stereocenters. The number of benzene rings is 1. The Morgan fingerprint density at radius 2 is 2.16 bits per heavy atom. The topological polar surface area (TPSA) is 12.0 Å². The van der Waals surface area contributed by atoms with Crippen molar-refractivity contribution in [2.24, 2.45) is 5.41 Å². The smallest absolute Gasteiger partial charge is 0.127 e. The highest BCUT2D eigenvalue weighted by Crippen LogP contribution is 2.31. The molecule has 1 aromatic rings. The summed E-state index contributed by atoms with van der Waals surface area (Å²) in [5.41, 5.74) is 0.975. The van der Waals surface area contributed by atoms with Gasteiger partial charge in [0.15, 0.2) is 0 Å². The normalized spacial score (nSPS) is 18.3. The predicted octanol–water partition coefficient (Wildman–Crippen LogP) is 4.69. The fourth-order valence-corrected chi connectivity index (χ4v) is 2.98. The van der Waals surface area contributed by atoms with Crippen LogP contribution in [0.3, 0.4) is 0 Å². The van der Waals surface area contributed by atoms with Gasteiger partial charge in [-0.05, 0) is 48.8 Å². The van der Waals surface area contributed by atoms with Gasteiger partial charge in [0.25, 0.3) is 0 Å². The maximum atomic E-state index is 14.0. The predicted molar refractivity (Wildman–Crippen MR) is 81.8 cm³/mol. The first-order valence-electron chi connectivity index (χ1n) is 7.20. The number of nitrogens with one attached hydrogen (secondary N) is 1. The zero-order valence-electron chi connectivity index (χ0n) is 11.8. The lowest BCUT2D eigenvalue weighted by Gasteiger charge is -2.30. The van der Waals surface area contributed by atoms with E-state index in [2.05, 4.69) is 35.1 Å². The van der Waals surface area contributed by atoms with Crippen LogP contribution in [0.25, 0.3) is 0 Å². The van der Waals surface area contributed by atoms with Gasteiger partial charge >= 0.3 is 0 Å². The largest absolute Gasteiger partial charge is 0.313 e. The maximum absolute atomic E-state index is 14.0. The van der Waals surface area contributed by atoms with E-state index in [1.54, 1.807) is 6.07 Å². The molecule has 19 heavy (non-hydrogen) atoms. The third-order valence-electron chi connectivity index (χ3n) is 3.88. The molecule has 0 saturated heterocycles. The van der Waals surface area contributed by atoms with Crippen LogP contribution < -0.4 is 5.32 Å². The molecule has 1 saturated carbocycles. The van der Waals surface area contributed by atoms with Gasteiger partial charge in [-0.1, -0.05) is 42.3 Å². The molecule has 1 aliphatic carbocycles. The fraction of sp³-hybridized carbons (Fsp3) is 0.625. The van der Waals surface area contributed by atoms with Crippen molar-refractivity contribution >= 4 is 15.9 Å². The van der Waals surface area contributed by atoms with Crippen molar-refractivity contribution in [3.05, 3.63) is 34.1 Å². The van der Waals surface area contributed by atoms with Crippen molar-refractivity contribution in [2.45, 2.75) is 52.0 Å². The van der Waals surface area contributed by atoms with E-state index in [1.165, 1.54) is 12.8 Å². The van der Waals surface area contributed by atoms with Gasteiger partial charge in [0.1, 0.15) is 5.82 Å². The third kappa shape index (κ3) is 4.57. The van der Waals surface area contributed by atoms with E-state index in [0.717, 1.165) is 35.8 Å². The second-order valence-corrected chi connectivity index (χ2v) is 7.04. The molecule has 0 amide bonds. The van der Waals surface area contributed by atoms with Crippen LogP contribution in [0.2, 0.25) is 0 Å². The minimum atomic E-state index is -0.0943. The third-order valence-corrected chi connectivity index (χ3v) is 4.37. The molecule has 0 aromatic heterocycles. The Hall–Kier alpha value is -0.410. The molecule has 1 nitrogen and oxygen atoms in total. The molecule has 0 bridgehead atoms. The Balaban J connectivity index is 2.04. The molecule has 2 rings (SSSR count). The van der Waals surface area contributed by atoms with Gasteiger partial charge in [-0.2, -0.15) is 0 Å². The summed E-state index contributed by atoms with van der Waals surface area (Å²) < 4.78 is 14.8. The summed E-state index contributed by atoms with van der Waals surface area (Å²) in [6, 6.07) is 6.12. The van der Waals surface area contributed by atoms with Gasteiger partial charge in [-0.25, -0.2) is 4.39 Å². The van der Waals surface area contributed by atoms with Crippen LogP contribution in [-0.4, -0.2) is 12.6 Å². The van der Waals surface area contributed by atoms with Gasteiger partial charge in [0, 0.05) is 17.1 Å². The summed E-state index contributed by atoms with van der Waals surface area (Å²) >= 11 is 3.31. The molecule has 1 fully saturated rings. The van der Waals surface area contributed by atoms with E-state index in [1.807, 2.05) is 12.1 Å². The van der Waals surface area contributed by atoms with E-state index in [-0.39, 0.29) is 11.2 Å². The van der Waals surface area contributed by atoms with Gasteiger partial charge in [-0.15, -0.1) is 0 Å². The van der Waals surface area contributed by atoms with Gasteiger partial charge < -0.3 is 5.32 Å². The molecule has 1 aliphatic rings. The molecule has 0 radical (unpaired) electrons. The van der Waals surface area contributed by atoms with Crippen molar-refractivity contribution in [3.63, 3.8) is 0 Å². The fourth-order valence-electron chi connectivity index (χ4n) is 2.65. The van der Waals surface area contributed by atoms with Gasteiger partial charge in [0.2, 0.25) is 0 Å². The Morgan fingerprint density at radius 3 is 2.74 bits per heavy atom. The minimum Gasteiger partial charge on any atom is -0.313 e. The van der Waals surface area contributed by atoms with Crippen molar-refractivity contribution in [1.82, 2.24) is 5.32 Å². The molecule has 1 aromatic carbocycles. The summed E-state index contributed by atoms with van der Waals surface area (Å²) in [4.78, 5) is 0. The van der Waals surface area contributed by atoms with Gasteiger partial charge in [0.05, 0.1) is 0 Å². The molecular weight excluding hydrogens is 305 g/mol. The molecule has 0 aliphatic heterocycles. The van der Waals surface area contributed by atoms with E-state index in [9.17, 15) is 4.39 Å². The average Bonchev–Trinajstić information content (AvgIpc) is 3.15. The maximum Gasteiger partial charge on any atom is 0.127 e. The molecule has 1 atom stereocenters. The summed E-state index contributed by atoms with van der Waals surface area (Å²) in [5.74, 6) is -0.0943. The van der Waals surface area contributed by atoms with Crippen molar-refractivity contribution in [1.29, 1.82) is 0 Å². The SMILES string of the molecule is CCCC(C)(CNC1CC1)Cc1ccc(Br)cc1F. The van der Waals surface area contributed by atoms with Crippen LogP contribution in [0.4, 0.5) is 4.39 Å². The summed E-state index contributed by atoms with van der Waals surface area (Å²) in [6.45, 7) is 5.46. The Morgan fingerprint density at radius 1 is 1.42 bits per heavy atom. The zero-order chi connectivity index (χ0) is 13.9. The first kappa shape index (κ1) is 15.0. The van der Waals surface area contributed by atoms with E-state index in [4.69, 9.17) is 0 Å². The number of rotatable bonds is 7. The highest BCUT2D eigenvalue weighted by molar-refractivity contribution is 9.10.